The Kier molecular flexibility index (Phi) is 5.36. The topological polar surface area (TPSA) is 52.0 Å². The molecule has 0 radical (unpaired) electrons. The predicted octanol–water partition coefficient (Wildman–Crippen LogP) is 6.34. The summed E-state index contributed by atoms with van der Waals surface area (Å²) in [4.78, 5) is 4.62. The second-order valence-corrected chi connectivity index (χ2v) is 8.03. The molecule has 1 aromatic heterocycles. The summed E-state index contributed by atoms with van der Waals surface area (Å²) in [6.07, 6.45) is -2.76. The zero-order valence-electron chi connectivity index (χ0n) is 18.5. The van der Waals surface area contributed by atoms with Crippen LogP contribution < -0.4 is 10.1 Å². The second-order valence-electron chi connectivity index (χ2n) is 8.03. The Bertz CT molecular complexity index is 1360. The zero-order valence-corrected chi connectivity index (χ0v) is 18.5. The average molecular weight is 462 g/mol. The molecular formula is C26H21F3N4O. The minimum Gasteiger partial charge on any atom is -0.497 e. The third-order valence-electron chi connectivity index (χ3n) is 5.76. The summed E-state index contributed by atoms with van der Waals surface area (Å²) in [7, 11) is 1.58. The summed E-state index contributed by atoms with van der Waals surface area (Å²) in [5.74, 6) is 1.48. The van der Waals surface area contributed by atoms with Gasteiger partial charge >= 0.3 is 6.18 Å². The van der Waals surface area contributed by atoms with Gasteiger partial charge in [0, 0.05) is 11.3 Å². The summed E-state index contributed by atoms with van der Waals surface area (Å²) in [6.45, 7) is 1.98. The molecule has 3 aromatic carbocycles. The zero-order chi connectivity index (χ0) is 23.9. The fraction of sp³-hybridized carbons (Fsp3) is 0.154. The number of ether oxygens (including phenoxy) is 1. The number of rotatable bonds is 4. The van der Waals surface area contributed by atoms with Crippen molar-refractivity contribution in [3.63, 3.8) is 0 Å². The molecule has 172 valence electrons. The average Bonchev–Trinajstić information content (AvgIpc) is 3.27. The minimum absolute atomic E-state index is 0.101. The Morgan fingerprint density at radius 2 is 1.59 bits per heavy atom. The van der Waals surface area contributed by atoms with Gasteiger partial charge in [0.25, 0.3) is 0 Å². The maximum atomic E-state index is 13.9. The van der Waals surface area contributed by atoms with E-state index in [1.54, 1.807) is 31.4 Å². The normalized spacial score (nSPS) is 15.3. The Morgan fingerprint density at radius 1 is 0.912 bits per heavy atom. The highest BCUT2D eigenvalue weighted by molar-refractivity contribution is 5.78. The van der Waals surface area contributed by atoms with Crippen LogP contribution in [0, 0.1) is 6.92 Å². The Morgan fingerprint density at radius 3 is 2.26 bits per heavy atom. The van der Waals surface area contributed by atoms with E-state index in [0.29, 0.717) is 23.2 Å². The number of methoxy groups -OCH3 is 1. The third-order valence-corrected chi connectivity index (χ3v) is 5.76. The van der Waals surface area contributed by atoms with E-state index in [0.717, 1.165) is 22.8 Å². The SMILES string of the molecule is COc1ccc(C2=CC(c3ccccc3C(F)(F)F)n3nc(-c4ccc(C)cc4)nc3N2)cc1. The molecule has 1 unspecified atom stereocenters. The van der Waals surface area contributed by atoms with Gasteiger partial charge in [-0.1, -0.05) is 48.0 Å². The standard InChI is InChI=1S/C26H21F3N4O/c1-16-7-9-18(10-8-16)24-31-25-30-22(17-11-13-19(34-2)14-12-17)15-23(33(25)32-24)20-5-3-4-6-21(20)26(27,28)29/h3-15,23H,1-2H3,(H,30,31,32). The predicted molar refractivity (Wildman–Crippen MR) is 124 cm³/mol. The molecule has 1 aliphatic heterocycles. The van der Waals surface area contributed by atoms with E-state index in [4.69, 9.17) is 4.74 Å². The van der Waals surface area contributed by atoms with E-state index in [2.05, 4.69) is 15.4 Å². The van der Waals surface area contributed by atoms with Gasteiger partial charge in [-0.25, -0.2) is 4.68 Å². The van der Waals surface area contributed by atoms with E-state index in [9.17, 15) is 13.2 Å². The molecule has 8 heteroatoms. The maximum absolute atomic E-state index is 13.9. The molecule has 0 aliphatic carbocycles. The van der Waals surface area contributed by atoms with Crippen LogP contribution in [0.4, 0.5) is 19.1 Å². The highest BCUT2D eigenvalue weighted by Gasteiger charge is 2.37. The molecule has 0 bridgehead atoms. The van der Waals surface area contributed by atoms with Gasteiger partial charge in [0.15, 0.2) is 5.82 Å². The van der Waals surface area contributed by atoms with Gasteiger partial charge < -0.3 is 10.1 Å². The number of hydrogen-bond donors (Lipinski definition) is 1. The molecule has 0 saturated carbocycles. The Labute approximate surface area is 194 Å². The van der Waals surface area contributed by atoms with Crippen LogP contribution in [0.25, 0.3) is 17.1 Å². The van der Waals surface area contributed by atoms with Crippen molar-refractivity contribution in [2.45, 2.75) is 19.1 Å². The van der Waals surface area contributed by atoms with Crippen LogP contribution in [0.15, 0.2) is 78.9 Å². The molecular weight excluding hydrogens is 441 g/mol. The molecule has 2 heterocycles. The molecule has 5 nitrogen and oxygen atoms in total. The van der Waals surface area contributed by atoms with E-state index >= 15 is 0 Å². The number of aromatic nitrogens is 3. The van der Waals surface area contributed by atoms with Crippen molar-refractivity contribution < 1.29 is 17.9 Å². The summed E-state index contributed by atoms with van der Waals surface area (Å²) in [5.41, 5.74) is 2.70. The lowest BCUT2D eigenvalue weighted by Crippen LogP contribution is -2.23. The van der Waals surface area contributed by atoms with Crippen LogP contribution in [0.5, 0.6) is 5.75 Å². The number of nitrogens with one attached hydrogen (secondary N) is 1. The second kappa shape index (κ2) is 8.37. The van der Waals surface area contributed by atoms with Gasteiger partial charge in [-0.3, -0.25) is 0 Å². The molecule has 0 amide bonds. The number of aryl methyl sites for hydroxylation is 1. The van der Waals surface area contributed by atoms with E-state index in [1.807, 2.05) is 43.3 Å². The number of halogens is 3. The van der Waals surface area contributed by atoms with Crippen molar-refractivity contribution in [2.24, 2.45) is 0 Å². The first-order valence-electron chi connectivity index (χ1n) is 10.7. The van der Waals surface area contributed by atoms with Crippen LogP contribution in [0.1, 0.15) is 28.3 Å². The fourth-order valence-electron chi connectivity index (χ4n) is 3.99. The molecule has 1 aliphatic rings. The molecule has 0 spiro atoms. The molecule has 1 atom stereocenters. The largest absolute Gasteiger partial charge is 0.497 e. The molecule has 0 saturated heterocycles. The number of anilines is 1. The Hall–Kier alpha value is -4.07. The van der Waals surface area contributed by atoms with Crippen molar-refractivity contribution in [3.8, 4) is 17.1 Å². The van der Waals surface area contributed by atoms with Crippen molar-refractivity contribution in [3.05, 3.63) is 101 Å². The molecule has 0 fully saturated rings. The van der Waals surface area contributed by atoms with Gasteiger partial charge in [-0.2, -0.15) is 18.2 Å². The first-order chi connectivity index (χ1) is 16.3. The first-order valence-corrected chi connectivity index (χ1v) is 10.7. The number of allylic oxidation sites excluding steroid dienone is 1. The fourth-order valence-corrected chi connectivity index (χ4v) is 3.99. The lowest BCUT2D eigenvalue weighted by Gasteiger charge is -2.26. The summed E-state index contributed by atoms with van der Waals surface area (Å²) in [5, 5.41) is 7.84. The third kappa shape index (κ3) is 4.03. The smallest absolute Gasteiger partial charge is 0.416 e. The van der Waals surface area contributed by atoms with E-state index in [-0.39, 0.29) is 5.56 Å². The van der Waals surface area contributed by atoms with Crippen LogP contribution in [-0.4, -0.2) is 21.9 Å². The lowest BCUT2D eigenvalue weighted by molar-refractivity contribution is -0.138. The highest BCUT2D eigenvalue weighted by Crippen LogP contribution is 2.40. The number of alkyl halides is 3. The summed E-state index contributed by atoms with van der Waals surface area (Å²) in [6, 6.07) is 19.7. The van der Waals surface area contributed by atoms with Gasteiger partial charge in [0.1, 0.15) is 11.8 Å². The quantitative estimate of drug-likeness (QED) is 0.385. The van der Waals surface area contributed by atoms with Crippen molar-refractivity contribution in [1.82, 2.24) is 14.8 Å². The molecule has 1 N–H and O–H groups in total. The molecule has 34 heavy (non-hydrogen) atoms. The monoisotopic (exact) mass is 462 g/mol. The van der Waals surface area contributed by atoms with Crippen LogP contribution in [0.2, 0.25) is 0 Å². The molecule has 5 rings (SSSR count). The van der Waals surface area contributed by atoms with Crippen LogP contribution in [0.3, 0.4) is 0 Å². The van der Waals surface area contributed by atoms with Gasteiger partial charge in [0.05, 0.1) is 12.7 Å². The van der Waals surface area contributed by atoms with E-state index < -0.39 is 17.8 Å². The summed E-state index contributed by atoms with van der Waals surface area (Å²) >= 11 is 0. The lowest BCUT2D eigenvalue weighted by atomic mass is 9.97. The number of benzene rings is 3. The number of nitrogens with zero attached hydrogens (tertiary/aromatic N) is 3. The van der Waals surface area contributed by atoms with Crippen molar-refractivity contribution in [2.75, 3.05) is 12.4 Å². The molecule has 4 aromatic rings. The maximum Gasteiger partial charge on any atom is 0.416 e. The first kappa shape index (κ1) is 21.8. The highest BCUT2D eigenvalue weighted by atomic mass is 19.4. The van der Waals surface area contributed by atoms with Crippen molar-refractivity contribution in [1.29, 1.82) is 0 Å². The van der Waals surface area contributed by atoms with Crippen molar-refractivity contribution >= 4 is 11.6 Å². The number of fused-ring (bicyclic) bond motifs is 1. The Balaban J connectivity index is 1.66. The van der Waals surface area contributed by atoms with Gasteiger partial charge in [-0.05, 0) is 54.5 Å². The summed E-state index contributed by atoms with van der Waals surface area (Å²) < 4.78 is 48.4. The van der Waals surface area contributed by atoms with Crippen LogP contribution >= 0.6 is 0 Å². The van der Waals surface area contributed by atoms with Crippen LogP contribution in [-0.2, 0) is 6.18 Å². The number of hydrogen-bond acceptors (Lipinski definition) is 4. The van der Waals surface area contributed by atoms with Gasteiger partial charge in [-0.15, -0.1) is 5.10 Å². The van der Waals surface area contributed by atoms with Gasteiger partial charge in [0.2, 0.25) is 5.95 Å². The minimum atomic E-state index is -4.50. The van der Waals surface area contributed by atoms with E-state index in [1.165, 1.54) is 16.8 Å².